The summed E-state index contributed by atoms with van der Waals surface area (Å²) < 4.78 is 0. The largest absolute Gasteiger partial charge is 0.353 e. The van der Waals surface area contributed by atoms with Crippen molar-refractivity contribution in [3.05, 3.63) is 54.2 Å². The predicted molar refractivity (Wildman–Crippen MR) is 125 cm³/mol. The zero-order valence-electron chi connectivity index (χ0n) is 17.1. The van der Waals surface area contributed by atoms with E-state index in [1.54, 1.807) is 11.8 Å². The third kappa shape index (κ3) is 5.76. The molecule has 7 heteroatoms. The number of aryl methyl sites for hydroxylation is 1. The van der Waals surface area contributed by atoms with E-state index >= 15 is 0 Å². The van der Waals surface area contributed by atoms with E-state index in [9.17, 15) is 0 Å². The number of nitrogens with zero attached hydrogens (tertiary/aromatic N) is 5. The Morgan fingerprint density at radius 3 is 2.59 bits per heavy atom. The monoisotopic (exact) mass is 408 g/mol. The molecule has 0 atom stereocenters. The number of hydrogen-bond donors (Lipinski definition) is 1. The second-order valence-electron chi connectivity index (χ2n) is 6.95. The number of nitrogens with two attached hydrogens (primary N) is 1. The minimum atomic E-state index is 0.576. The molecule has 2 heterocycles. The minimum absolute atomic E-state index is 0.576. The molecule has 0 bridgehead atoms. The van der Waals surface area contributed by atoms with Gasteiger partial charge in [0, 0.05) is 37.0 Å². The number of aromatic nitrogens is 2. The summed E-state index contributed by atoms with van der Waals surface area (Å²) in [5.41, 5.74) is 9.48. The van der Waals surface area contributed by atoms with Gasteiger partial charge in [-0.1, -0.05) is 18.2 Å². The lowest BCUT2D eigenvalue weighted by molar-refractivity contribution is 0.312. The first-order chi connectivity index (χ1) is 14.1. The van der Waals surface area contributed by atoms with E-state index in [4.69, 9.17) is 10.7 Å². The van der Waals surface area contributed by atoms with E-state index in [0.717, 1.165) is 53.6 Å². The Morgan fingerprint density at radius 1 is 1.10 bits per heavy atom. The van der Waals surface area contributed by atoms with Crippen LogP contribution < -0.4 is 10.6 Å². The molecule has 1 aliphatic rings. The van der Waals surface area contributed by atoms with Crippen molar-refractivity contribution in [2.75, 3.05) is 44.0 Å². The summed E-state index contributed by atoms with van der Waals surface area (Å²) >= 11 is 1.57. The van der Waals surface area contributed by atoms with Crippen LogP contribution in [0, 0.1) is 6.92 Å². The molecule has 1 aliphatic heterocycles. The van der Waals surface area contributed by atoms with Crippen molar-refractivity contribution in [3.8, 4) is 0 Å². The maximum absolute atomic E-state index is 5.39. The van der Waals surface area contributed by atoms with Gasteiger partial charge in [0.15, 0.2) is 0 Å². The topological polar surface area (TPSA) is 70.6 Å². The zero-order valence-corrected chi connectivity index (χ0v) is 17.9. The smallest absolute Gasteiger partial charge is 0.147 e. The number of hydrogen-bond acceptors (Lipinski definition) is 7. The Hall–Kier alpha value is -2.48. The molecule has 29 heavy (non-hydrogen) atoms. The summed E-state index contributed by atoms with van der Waals surface area (Å²) in [4.78, 5) is 18.8. The first-order valence-electron chi connectivity index (χ1n) is 9.66. The van der Waals surface area contributed by atoms with Gasteiger partial charge in [-0.05, 0) is 50.5 Å². The second-order valence-corrected chi connectivity index (χ2v) is 8.01. The molecule has 0 radical (unpaired) electrons. The summed E-state index contributed by atoms with van der Waals surface area (Å²) in [5, 5.41) is 0. The quantitative estimate of drug-likeness (QED) is 0.403. The van der Waals surface area contributed by atoms with Gasteiger partial charge in [-0.15, -0.1) is 11.8 Å². The summed E-state index contributed by atoms with van der Waals surface area (Å²) in [6.07, 6.45) is 1.89. The normalized spacial score (nSPS) is 14.4. The molecule has 152 valence electrons. The van der Waals surface area contributed by atoms with E-state index in [0.29, 0.717) is 5.88 Å². The highest BCUT2D eigenvalue weighted by atomic mass is 32.2. The number of benzene rings is 2. The molecule has 0 aliphatic carbocycles. The maximum atomic E-state index is 5.39. The van der Waals surface area contributed by atoms with Gasteiger partial charge in [0.05, 0.1) is 22.9 Å². The van der Waals surface area contributed by atoms with Gasteiger partial charge in [0.1, 0.15) is 5.82 Å². The SMILES string of the molecule is C=Nc1ccccc1SCN.Cc1ccc2ncc(N3CCN(C)CC3)nc2c1. The number of aliphatic imine (C=N–C) groups is 1. The summed E-state index contributed by atoms with van der Waals surface area (Å²) in [7, 11) is 2.16. The van der Waals surface area contributed by atoms with Gasteiger partial charge < -0.3 is 15.5 Å². The van der Waals surface area contributed by atoms with E-state index in [2.05, 4.69) is 52.6 Å². The van der Waals surface area contributed by atoms with Gasteiger partial charge in [-0.2, -0.15) is 0 Å². The number of thioether (sulfide) groups is 1. The van der Waals surface area contributed by atoms with Crippen LogP contribution in [0.2, 0.25) is 0 Å². The molecule has 0 spiro atoms. The number of likely N-dealkylation sites (N-methyl/N-ethyl adjacent to an activating group) is 1. The average molecular weight is 409 g/mol. The predicted octanol–water partition coefficient (Wildman–Crippen LogP) is 3.72. The number of piperazine rings is 1. The molecule has 3 aromatic rings. The van der Waals surface area contributed by atoms with E-state index in [-0.39, 0.29) is 0 Å². The van der Waals surface area contributed by atoms with Gasteiger partial charge >= 0.3 is 0 Å². The Bertz CT molecular complexity index is 953. The van der Waals surface area contributed by atoms with Crippen LogP contribution in [-0.4, -0.2) is 60.7 Å². The lowest BCUT2D eigenvalue weighted by Crippen LogP contribution is -2.44. The number of para-hydroxylation sites is 1. The van der Waals surface area contributed by atoms with Crippen molar-refractivity contribution >= 4 is 41.0 Å². The number of rotatable bonds is 4. The Balaban J connectivity index is 0.000000188. The lowest BCUT2D eigenvalue weighted by Gasteiger charge is -2.33. The standard InChI is InChI=1S/C14H18N4.C8H10N2S/c1-11-3-4-12-13(9-11)16-14(10-15-12)18-7-5-17(2)6-8-18;1-10-7-4-2-3-5-8(7)11-6-9/h3-4,9-10H,5-8H2,1-2H3;2-5H,1,6,9H2. The molecule has 1 saturated heterocycles. The first kappa shape index (κ1) is 21.2. The van der Waals surface area contributed by atoms with E-state index < -0.39 is 0 Å². The van der Waals surface area contributed by atoms with Crippen LogP contribution in [0.25, 0.3) is 11.0 Å². The van der Waals surface area contributed by atoms with Crippen molar-refractivity contribution in [3.63, 3.8) is 0 Å². The fourth-order valence-corrected chi connectivity index (χ4v) is 3.73. The van der Waals surface area contributed by atoms with Gasteiger partial charge in [0.25, 0.3) is 0 Å². The van der Waals surface area contributed by atoms with Crippen LogP contribution in [0.1, 0.15) is 5.56 Å². The van der Waals surface area contributed by atoms with Crippen molar-refractivity contribution in [1.29, 1.82) is 0 Å². The van der Waals surface area contributed by atoms with Crippen molar-refractivity contribution in [2.45, 2.75) is 11.8 Å². The van der Waals surface area contributed by atoms with Crippen LogP contribution >= 0.6 is 11.8 Å². The van der Waals surface area contributed by atoms with Crippen LogP contribution in [0.15, 0.2) is 58.5 Å². The zero-order chi connectivity index (χ0) is 20.6. The Labute approximate surface area is 176 Å². The maximum Gasteiger partial charge on any atom is 0.147 e. The highest BCUT2D eigenvalue weighted by Crippen LogP contribution is 2.27. The van der Waals surface area contributed by atoms with Crippen LogP contribution in [-0.2, 0) is 0 Å². The molecular weight excluding hydrogens is 380 g/mol. The average Bonchev–Trinajstić information content (AvgIpc) is 2.75. The first-order valence-corrected chi connectivity index (χ1v) is 10.6. The fraction of sp³-hybridized carbons (Fsp3) is 0.318. The lowest BCUT2D eigenvalue weighted by atomic mass is 10.2. The van der Waals surface area contributed by atoms with Crippen LogP contribution in [0.4, 0.5) is 11.5 Å². The molecular formula is C22H28N6S. The third-order valence-electron chi connectivity index (χ3n) is 4.79. The molecule has 0 amide bonds. The van der Waals surface area contributed by atoms with Crippen LogP contribution in [0.3, 0.4) is 0 Å². The Kier molecular flexibility index (Phi) is 7.57. The number of fused-ring (bicyclic) bond motifs is 1. The molecule has 1 fully saturated rings. The highest BCUT2D eigenvalue weighted by Gasteiger charge is 2.15. The summed E-state index contributed by atoms with van der Waals surface area (Å²) in [6.45, 7) is 9.80. The molecule has 1 aromatic heterocycles. The molecule has 2 N–H and O–H groups in total. The molecule has 6 nitrogen and oxygen atoms in total. The van der Waals surface area contributed by atoms with E-state index in [1.807, 2.05) is 36.5 Å². The van der Waals surface area contributed by atoms with Crippen molar-refractivity contribution < 1.29 is 0 Å². The Morgan fingerprint density at radius 2 is 1.86 bits per heavy atom. The van der Waals surface area contributed by atoms with Crippen LogP contribution in [0.5, 0.6) is 0 Å². The molecule has 4 rings (SSSR count). The number of anilines is 1. The fourth-order valence-electron chi connectivity index (χ4n) is 3.10. The summed E-state index contributed by atoms with van der Waals surface area (Å²) in [6, 6.07) is 14.0. The third-order valence-corrected chi connectivity index (χ3v) is 5.61. The molecule has 0 saturated carbocycles. The van der Waals surface area contributed by atoms with E-state index in [1.165, 1.54) is 5.56 Å². The second kappa shape index (κ2) is 10.3. The van der Waals surface area contributed by atoms with Gasteiger partial charge in [0.2, 0.25) is 0 Å². The molecule has 0 unspecified atom stereocenters. The summed E-state index contributed by atoms with van der Waals surface area (Å²) in [5.74, 6) is 1.58. The molecule has 2 aromatic carbocycles. The highest BCUT2D eigenvalue weighted by molar-refractivity contribution is 7.99. The van der Waals surface area contributed by atoms with Crippen molar-refractivity contribution in [2.24, 2.45) is 10.7 Å². The minimum Gasteiger partial charge on any atom is -0.353 e. The van der Waals surface area contributed by atoms with Gasteiger partial charge in [-0.25, -0.2) is 4.98 Å². The van der Waals surface area contributed by atoms with Crippen molar-refractivity contribution in [1.82, 2.24) is 14.9 Å². The van der Waals surface area contributed by atoms with Gasteiger partial charge in [-0.3, -0.25) is 9.98 Å².